The largest absolute Gasteiger partial charge is 0.494 e. The average molecular weight is 383 g/mol. The number of carbonyl (C=O) groups is 1. The van der Waals surface area contributed by atoms with Crippen LogP contribution >= 0.6 is 0 Å². The molecule has 1 aromatic carbocycles. The van der Waals surface area contributed by atoms with Gasteiger partial charge in [0.2, 0.25) is 0 Å². The van der Waals surface area contributed by atoms with Crippen molar-refractivity contribution in [2.24, 2.45) is 5.73 Å². The number of aryl methyl sites for hydroxylation is 2. The van der Waals surface area contributed by atoms with Gasteiger partial charge < -0.3 is 20.5 Å². The average Bonchev–Trinajstić information content (AvgIpc) is 2.72. The molecular weight excluding hydrogens is 354 g/mol. The summed E-state index contributed by atoms with van der Waals surface area (Å²) in [6.45, 7) is 3.76. The number of benzene rings is 1. The normalized spacial score (nSPS) is 13.9. The summed E-state index contributed by atoms with van der Waals surface area (Å²) < 4.78 is 10.8. The van der Waals surface area contributed by atoms with Crippen molar-refractivity contribution in [3.63, 3.8) is 0 Å². The highest BCUT2D eigenvalue weighted by Crippen LogP contribution is 2.20. The van der Waals surface area contributed by atoms with Crippen molar-refractivity contribution in [2.45, 2.75) is 45.1 Å². The SMILES string of the molecule is CCOC(=O)[C@@H](N)Cc1ccc(OCCCc2ccc3c(n2)NCCC3)cc1. The maximum absolute atomic E-state index is 11.6. The molecule has 6 heteroatoms. The topological polar surface area (TPSA) is 86.5 Å². The second-order valence-electron chi connectivity index (χ2n) is 7.00. The van der Waals surface area contributed by atoms with Crippen LogP contribution in [0.25, 0.3) is 0 Å². The molecular formula is C22H29N3O3. The third kappa shape index (κ3) is 5.70. The number of rotatable bonds is 9. The minimum Gasteiger partial charge on any atom is -0.494 e. The molecule has 0 fully saturated rings. The summed E-state index contributed by atoms with van der Waals surface area (Å²) in [5, 5.41) is 3.37. The first kappa shape index (κ1) is 20.1. The van der Waals surface area contributed by atoms with Crippen LogP contribution in [0.5, 0.6) is 5.75 Å². The lowest BCUT2D eigenvalue weighted by molar-refractivity contribution is -0.144. The zero-order valence-corrected chi connectivity index (χ0v) is 16.4. The predicted molar refractivity (Wildman–Crippen MR) is 110 cm³/mol. The fourth-order valence-electron chi connectivity index (χ4n) is 3.26. The number of ether oxygens (including phenoxy) is 2. The van der Waals surface area contributed by atoms with Crippen LogP contribution in [0.2, 0.25) is 0 Å². The second-order valence-corrected chi connectivity index (χ2v) is 7.00. The van der Waals surface area contributed by atoms with Gasteiger partial charge in [0.15, 0.2) is 0 Å². The van der Waals surface area contributed by atoms with Gasteiger partial charge in [-0.1, -0.05) is 18.2 Å². The Bertz CT molecular complexity index is 777. The zero-order chi connectivity index (χ0) is 19.8. The van der Waals surface area contributed by atoms with Gasteiger partial charge in [-0.25, -0.2) is 4.98 Å². The van der Waals surface area contributed by atoms with E-state index in [1.165, 1.54) is 12.0 Å². The van der Waals surface area contributed by atoms with Gasteiger partial charge in [0, 0.05) is 12.2 Å². The Morgan fingerprint density at radius 1 is 1.25 bits per heavy atom. The number of anilines is 1. The molecule has 6 nitrogen and oxygen atoms in total. The van der Waals surface area contributed by atoms with E-state index in [9.17, 15) is 4.79 Å². The van der Waals surface area contributed by atoms with Crippen LogP contribution in [-0.2, 0) is 28.8 Å². The van der Waals surface area contributed by atoms with Crippen LogP contribution in [0.3, 0.4) is 0 Å². The molecule has 0 amide bonds. The van der Waals surface area contributed by atoms with Crippen molar-refractivity contribution in [3.8, 4) is 5.75 Å². The van der Waals surface area contributed by atoms with E-state index in [2.05, 4.69) is 17.4 Å². The Labute approximate surface area is 166 Å². The quantitative estimate of drug-likeness (QED) is 0.511. The van der Waals surface area contributed by atoms with Crippen LogP contribution in [0.1, 0.15) is 36.6 Å². The first-order valence-electron chi connectivity index (χ1n) is 10.0. The molecule has 28 heavy (non-hydrogen) atoms. The number of nitrogens with two attached hydrogens (primary N) is 1. The number of fused-ring (bicyclic) bond motifs is 1. The van der Waals surface area contributed by atoms with Crippen LogP contribution in [0.4, 0.5) is 5.82 Å². The van der Waals surface area contributed by atoms with E-state index in [0.29, 0.717) is 19.6 Å². The molecule has 0 saturated carbocycles. The predicted octanol–water partition coefficient (Wildman–Crippen LogP) is 2.88. The third-order valence-corrected chi connectivity index (χ3v) is 4.77. The Hall–Kier alpha value is -2.60. The van der Waals surface area contributed by atoms with E-state index >= 15 is 0 Å². The summed E-state index contributed by atoms with van der Waals surface area (Å²) in [6.07, 6.45) is 4.54. The molecule has 1 aliphatic heterocycles. The molecule has 1 aliphatic rings. The number of hydrogen-bond acceptors (Lipinski definition) is 6. The van der Waals surface area contributed by atoms with Crippen LogP contribution in [-0.4, -0.2) is 36.8 Å². The molecule has 0 saturated heterocycles. The Balaban J connectivity index is 1.41. The highest BCUT2D eigenvalue weighted by atomic mass is 16.5. The summed E-state index contributed by atoms with van der Waals surface area (Å²) in [7, 11) is 0. The van der Waals surface area contributed by atoms with Crippen molar-refractivity contribution in [3.05, 3.63) is 53.2 Å². The number of pyridine rings is 1. The highest BCUT2D eigenvalue weighted by Gasteiger charge is 2.15. The van der Waals surface area contributed by atoms with Gasteiger partial charge in [-0.2, -0.15) is 0 Å². The van der Waals surface area contributed by atoms with Crippen molar-refractivity contribution < 1.29 is 14.3 Å². The minimum absolute atomic E-state index is 0.344. The van der Waals surface area contributed by atoms with Crippen molar-refractivity contribution in [1.29, 1.82) is 0 Å². The van der Waals surface area contributed by atoms with Crippen molar-refractivity contribution in [2.75, 3.05) is 25.1 Å². The van der Waals surface area contributed by atoms with Gasteiger partial charge >= 0.3 is 5.97 Å². The first-order chi connectivity index (χ1) is 13.7. The van der Waals surface area contributed by atoms with E-state index in [4.69, 9.17) is 20.2 Å². The van der Waals surface area contributed by atoms with Gasteiger partial charge in [0.05, 0.1) is 13.2 Å². The lowest BCUT2D eigenvalue weighted by Crippen LogP contribution is -2.34. The lowest BCUT2D eigenvalue weighted by atomic mass is 10.1. The highest BCUT2D eigenvalue weighted by molar-refractivity contribution is 5.75. The number of carbonyl (C=O) groups excluding carboxylic acids is 1. The van der Waals surface area contributed by atoms with E-state index in [-0.39, 0.29) is 5.97 Å². The van der Waals surface area contributed by atoms with E-state index in [0.717, 1.165) is 48.6 Å². The molecule has 2 aromatic rings. The molecule has 150 valence electrons. The maximum atomic E-state index is 11.6. The van der Waals surface area contributed by atoms with Crippen molar-refractivity contribution in [1.82, 2.24) is 4.98 Å². The minimum atomic E-state index is -0.634. The standard InChI is InChI=1S/C22H29N3O3/c1-2-27-22(26)20(23)15-16-7-11-19(12-8-16)28-14-4-6-18-10-9-17-5-3-13-24-21(17)25-18/h7-12,20H,2-6,13-15,23H2,1H3,(H,24,25)/t20-/m0/s1. The molecule has 3 rings (SSSR count). The monoisotopic (exact) mass is 383 g/mol. The number of nitrogens with one attached hydrogen (secondary N) is 1. The van der Waals surface area contributed by atoms with E-state index in [1.807, 2.05) is 24.3 Å². The number of esters is 1. The van der Waals surface area contributed by atoms with Gasteiger partial charge in [0.1, 0.15) is 17.6 Å². The fourth-order valence-corrected chi connectivity index (χ4v) is 3.26. The van der Waals surface area contributed by atoms with E-state index < -0.39 is 6.04 Å². The maximum Gasteiger partial charge on any atom is 0.323 e. The summed E-state index contributed by atoms with van der Waals surface area (Å²) in [6, 6.07) is 11.4. The molecule has 2 heterocycles. The smallest absolute Gasteiger partial charge is 0.323 e. The van der Waals surface area contributed by atoms with Crippen LogP contribution in [0, 0.1) is 0 Å². The zero-order valence-electron chi connectivity index (χ0n) is 16.4. The first-order valence-corrected chi connectivity index (χ1v) is 10.0. The molecule has 3 N–H and O–H groups in total. The Morgan fingerprint density at radius 2 is 2.07 bits per heavy atom. The van der Waals surface area contributed by atoms with Crippen LogP contribution < -0.4 is 15.8 Å². The Morgan fingerprint density at radius 3 is 2.86 bits per heavy atom. The van der Waals surface area contributed by atoms with Gasteiger partial charge in [0.25, 0.3) is 0 Å². The molecule has 0 bridgehead atoms. The second kappa shape index (κ2) is 10.1. The fraction of sp³-hybridized carbons (Fsp3) is 0.455. The number of nitrogens with zero attached hydrogens (tertiary/aromatic N) is 1. The van der Waals surface area contributed by atoms with Crippen molar-refractivity contribution >= 4 is 11.8 Å². The molecule has 0 aliphatic carbocycles. The van der Waals surface area contributed by atoms with Gasteiger partial charge in [-0.05, 0) is 68.4 Å². The molecule has 1 atom stereocenters. The third-order valence-electron chi connectivity index (χ3n) is 4.77. The molecule has 0 spiro atoms. The van der Waals surface area contributed by atoms with Crippen LogP contribution in [0.15, 0.2) is 36.4 Å². The van der Waals surface area contributed by atoms with E-state index in [1.54, 1.807) is 6.92 Å². The molecule has 0 radical (unpaired) electrons. The summed E-state index contributed by atoms with van der Waals surface area (Å²) in [5.74, 6) is 1.49. The molecule has 0 unspecified atom stereocenters. The summed E-state index contributed by atoms with van der Waals surface area (Å²) in [5.41, 5.74) is 9.25. The molecule has 1 aromatic heterocycles. The summed E-state index contributed by atoms with van der Waals surface area (Å²) >= 11 is 0. The van der Waals surface area contributed by atoms with Gasteiger partial charge in [-0.3, -0.25) is 4.79 Å². The van der Waals surface area contributed by atoms with Gasteiger partial charge in [-0.15, -0.1) is 0 Å². The number of hydrogen-bond donors (Lipinski definition) is 2. The Kier molecular flexibility index (Phi) is 7.25. The summed E-state index contributed by atoms with van der Waals surface area (Å²) in [4.78, 5) is 16.3. The number of aromatic nitrogens is 1. The lowest BCUT2D eigenvalue weighted by Gasteiger charge is -2.17.